The van der Waals surface area contributed by atoms with Crippen molar-refractivity contribution in [3.8, 4) is 0 Å². The van der Waals surface area contributed by atoms with Gasteiger partial charge in [0.25, 0.3) is 0 Å². The van der Waals surface area contributed by atoms with Gasteiger partial charge < -0.3 is 5.73 Å². The molecule has 0 fully saturated rings. The normalized spacial score (nSPS) is 12.8. The van der Waals surface area contributed by atoms with Gasteiger partial charge in [-0.05, 0) is 19.4 Å². The molecule has 90 valence electrons. The first kappa shape index (κ1) is 14.7. The fraction of sp³-hybridized carbons (Fsp3) is 0.500. The zero-order chi connectivity index (χ0) is 12.7. The molecule has 0 rings (SSSR count). The van der Waals surface area contributed by atoms with Gasteiger partial charge in [-0.1, -0.05) is 19.1 Å². The third-order valence-electron chi connectivity index (χ3n) is 1.72. The molecule has 16 heavy (non-hydrogen) atoms. The predicted molar refractivity (Wildman–Crippen MR) is 70.1 cm³/mol. The van der Waals surface area contributed by atoms with E-state index >= 15 is 0 Å². The summed E-state index contributed by atoms with van der Waals surface area (Å²) in [4.78, 5) is 11.6. The van der Waals surface area contributed by atoms with Crippen LogP contribution in [0.15, 0.2) is 16.8 Å². The number of nitrogens with zero attached hydrogens (tertiary/aromatic N) is 2. The Bertz CT molecular complexity index is 334. The molecule has 0 atom stereocenters. The molecule has 0 unspecified atom stereocenters. The van der Waals surface area contributed by atoms with Gasteiger partial charge >= 0.3 is 0 Å². The van der Waals surface area contributed by atoms with Crippen molar-refractivity contribution in [3.05, 3.63) is 11.6 Å². The van der Waals surface area contributed by atoms with Gasteiger partial charge in [0.2, 0.25) is 5.91 Å². The predicted octanol–water partition coefficient (Wildman–Crippen LogP) is 0.620. The fourth-order valence-corrected chi connectivity index (χ4v) is 0.891. The van der Waals surface area contributed by atoms with Crippen LogP contribution in [-0.4, -0.2) is 35.6 Å². The minimum atomic E-state index is -0.476. The summed E-state index contributed by atoms with van der Waals surface area (Å²) < 4.78 is 0. The van der Waals surface area contributed by atoms with Gasteiger partial charge in [0.1, 0.15) is 0 Å². The van der Waals surface area contributed by atoms with Crippen LogP contribution in [0.3, 0.4) is 0 Å². The molecule has 0 aromatic heterocycles. The Morgan fingerprint density at radius 2 is 2.12 bits per heavy atom. The Labute approximate surface area is 101 Å². The lowest BCUT2D eigenvalue weighted by molar-refractivity contribution is -0.114. The van der Waals surface area contributed by atoms with Gasteiger partial charge in [-0.2, -0.15) is 5.10 Å². The van der Waals surface area contributed by atoms with E-state index in [0.717, 1.165) is 0 Å². The van der Waals surface area contributed by atoms with E-state index in [0.29, 0.717) is 22.6 Å². The maximum absolute atomic E-state index is 10.9. The van der Waals surface area contributed by atoms with Crippen molar-refractivity contribution in [1.29, 1.82) is 0 Å². The van der Waals surface area contributed by atoms with Crippen molar-refractivity contribution >= 4 is 28.7 Å². The van der Waals surface area contributed by atoms with E-state index in [4.69, 9.17) is 18.0 Å². The first-order valence-electron chi connectivity index (χ1n) is 4.90. The lowest BCUT2D eigenvalue weighted by atomic mass is 10.1. The second-order valence-electron chi connectivity index (χ2n) is 3.46. The fourth-order valence-electron chi connectivity index (χ4n) is 0.786. The highest BCUT2D eigenvalue weighted by atomic mass is 32.1. The topological polar surface area (TPSA) is 70.7 Å². The van der Waals surface area contributed by atoms with E-state index in [1.54, 1.807) is 32.1 Å². The molecule has 0 bridgehead atoms. The zero-order valence-corrected chi connectivity index (χ0v) is 10.9. The van der Waals surface area contributed by atoms with Gasteiger partial charge in [-0.25, -0.2) is 10.5 Å². The number of hydrazine groups is 1. The third-order valence-corrected chi connectivity index (χ3v) is 2.22. The first-order valence-corrected chi connectivity index (χ1v) is 5.31. The number of hydrogen-bond acceptors (Lipinski definition) is 5. The van der Waals surface area contributed by atoms with Gasteiger partial charge in [0, 0.05) is 24.5 Å². The minimum Gasteiger partial charge on any atom is -0.366 e. The Balaban J connectivity index is 4.96. The summed E-state index contributed by atoms with van der Waals surface area (Å²) in [6.45, 7) is 3.56. The standard InChI is InChI=1S/C10H18N4OS/c1-5-9(16)8(12-13-14(3)4)6-7(2)10(11)15/h6,13H,5H2,1-4H3,(H2,11,15)/b7-6+,12-8?. The molecule has 0 aliphatic heterocycles. The highest BCUT2D eigenvalue weighted by Gasteiger charge is 2.05. The minimum absolute atomic E-state index is 0.426. The Hall–Kier alpha value is -1.27. The van der Waals surface area contributed by atoms with E-state index in [9.17, 15) is 4.79 Å². The quantitative estimate of drug-likeness (QED) is 0.310. The van der Waals surface area contributed by atoms with Gasteiger partial charge in [0.15, 0.2) is 0 Å². The number of carbonyl (C=O) groups is 1. The van der Waals surface area contributed by atoms with E-state index in [-0.39, 0.29) is 0 Å². The molecule has 0 aliphatic carbocycles. The second kappa shape index (κ2) is 7.08. The SMILES string of the molecule is CCC(=S)C(/C=C(\C)C(N)=O)=NNN(C)C. The van der Waals surface area contributed by atoms with Crippen LogP contribution in [0.1, 0.15) is 20.3 Å². The van der Waals surface area contributed by atoms with Crippen LogP contribution in [0, 0.1) is 0 Å². The molecule has 0 saturated heterocycles. The summed E-state index contributed by atoms with van der Waals surface area (Å²) in [7, 11) is 3.61. The number of thiocarbonyl (C=S) groups is 1. The number of allylic oxidation sites excluding steroid dienone is 1. The smallest absolute Gasteiger partial charge is 0.244 e. The number of rotatable bonds is 6. The molecule has 5 nitrogen and oxygen atoms in total. The van der Waals surface area contributed by atoms with Crippen LogP contribution >= 0.6 is 12.2 Å². The molecule has 1 amide bonds. The average Bonchev–Trinajstić information content (AvgIpc) is 2.22. The molecule has 0 aliphatic rings. The van der Waals surface area contributed by atoms with E-state index < -0.39 is 5.91 Å². The average molecular weight is 242 g/mol. The van der Waals surface area contributed by atoms with Crippen LogP contribution in [0.2, 0.25) is 0 Å². The van der Waals surface area contributed by atoms with Gasteiger partial charge in [0.05, 0.1) is 5.71 Å². The molecule has 0 radical (unpaired) electrons. The highest BCUT2D eigenvalue weighted by molar-refractivity contribution is 7.82. The highest BCUT2D eigenvalue weighted by Crippen LogP contribution is 1.98. The first-order chi connectivity index (χ1) is 7.38. The van der Waals surface area contributed by atoms with Crippen molar-refractivity contribution in [2.45, 2.75) is 20.3 Å². The monoisotopic (exact) mass is 242 g/mol. The second-order valence-corrected chi connectivity index (χ2v) is 3.95. The van der Waals surface area contributed by atoms with Crippen LogP contribution in [0.5, 0.6) is 0 Å². The summed E-state index contributed by atoms with van der Waals surface area (Å²) in [6, 6.07) is 0. The van der Waals surface area contributed by atoms with Gasteiger partial charge in [-0.15, -0.1) is 0 Å². The Morgan fingerprint density at radius 1 is 1.56 bits per heavy atom. The number of carbonyl (C=O) groups excluding carboxylic acids is 1. The number of amides is 1. The number of hydrogen-bond donors (Lipinski definition) is 2. The molecule has 0 aromatic rings. The summed E-state index contributed by atoms with van der Waals surface area (Å²) in [6.07, 6.45) is 2.27. The Kier molecular flexibility index (Phi) is 6.52. The van der Waals surface area contributed by atoms with Crippen molar-refractivity contribution in [3.63, 3.8) is 0 Å². The van der Waals surface area contributed by atoms with Gasteiger partial charge in [-0.3, -0.25) is 4.79 Å². The number of nitrogens with two attached hydrogens (primary N) is 1. The van der Waals surface area contributed by atoms with E-state index in [2.05, 4.69) is 10.6 Å². The van der Waals surface area contributed by atoms with E-state index in [1.807, 2.05) is 6.92 Å². The Morgan fingerprint density at radius 3 is 2.50 bits per heavy atom. The molecule has 3 N–H and O–H groups in total. The van der Waals surface area contributed by atoms with Crippen LogP contribution in [0.4, 0.5) is 0 Å². The molecule has 0 saturated carbocycles. The van der Waals surface area contributed by atoms with E-state index in [1.165, 1.54) is 0 Å². The maximum atomic E-state index is 10.9. The summed E-state index contributed by atoms with van der Waals surface area (Å²) in [5, 5.41) is 5.76. The summed E-state index contributed by atoms with van der Waals surface area (Å²) in [5.41, 5.74) is 8.87. The molecule has 0 heterocycles. The zero-order valence-electron chi connectivity index (χ0n) is 10.1. The maximum Gasteiger partial charge on any atom is 0.244 e. The van der Waals surface area contributed by atoms with Crippen molar-refractivity contribution in [1.82, 2.24) is 10.5 Å². The van der Waals surface area contributed by atoms with Crippen LogP contribution in [0.25, 0.3) is 0 Å². The summed E-state index contributed by atoms with van der Waals surface area (Å²) >= 11 is 5.15. The lowest BCUT2D eigenvalue weighted by Gasteiger charge is -2.10. The number of hydrazone groups is 1. The van der Waals surface area contributed by atoms with Crippen LogP contribution in [-0.2, 0) is 4.79 Å². The van der Waals surface area contributed by atoms with Crippen molar-refractivity contribution < 1.29 is 4.79 Å². The third kappa shape index (κ3) is 5.57. The van der Waals surface area contributed by atoms with Crippen LogP contribution < -0.4 is 11.3 Å². The molecule has 0 aromatic carbocycles. The summed E-state index contributed by atoms with van der Waals surface area (Å²) in [5.74, 6) is -0.476. The molecular formula is C10H18N4OS. The number of primary amides is 1. The molecule has 0 spiro atoms. The largest absolute Gasteiger partial charge is 0.366 e. The molecular weight excluding hydrogens is 224 g/mol. The number of nitrogens with one attached hydrogen (secondary N) is 1. The van der Waals surface area contributed by atoms with Crippen molar-refractivity contribution in [2.24, 2.45) is 10.8 Å². The van der Waals surface area contributed by atoms with Crippen molar-refractivity contribution in [2.75, 3.05) is 14.1 Å². The lowest BCUT2D eigenvalue weighted by Crippen LogP contribution is -2.28. The molecule has 6 heteroatoms.